The summed E-state index contributed by atoms with van der Waals surface area (Å²) in [6, 6.07) is 13.4. The van der Waals surface area contributed by atoms with Gasteiger partial charge in [-0.05, 0) is 30.2 Å². The molecule has 0 fully saturated rings. The van der Waals surface area contributed by atoms with Crippen molar-refractivity contribution in [2.75, 3.05) is 13.2 Å². The molecular formula is C24H28FN3O4. The number of halogens is 1. The lowest BCUT2D eigenvalue weighted by atomic mass is 9.97. The van der Waals surface area contributed by atoms with Gasteiger partial charge in [0.15, 0.2) is 0 Å². The maximum absolute atomic E-state index is 13.2. The summed E-state index contributed by atoms with van der Waals surface area (Å²) in [6.07, 6.45) is 2.56. The zero-order valence-corrected chi connectivity index (χ0v) is 17.8. The van der Waals surface area contributed by atoms with E-state index in [-0.39, 0.29) is 13.2 Å². The maximum atomic E-state index is 13.2. The van der Waals surface area contributed by atoms with Gasteiger partial charge in [-0.2, -0.15) is 0 Å². The molecule has 3 unspecified atom stereocenters. The Balaban J connectivity index is 2.00. The summed E-state index contributed by atoms with van der Waals surface area (Å²) in [4.78, 5) is 4.11. The van der Waals surface area contributed by atoms with Gasteiger partial charge in [-0.1, -0.05) is 42.5 Å². The Morgan fingerprint density at radius 3 is 2.59 bits per heavy atom. The van der Waals surface area contributed by atoms with Gasteiger partial charge in [0.2, 0.25) is 0 Å². The first-order valence-electron chi connectivity index (χ1n) is 10.3. The van der Waals surface area contributed by atoms with Crippen molar-refractivity contribution in [3.8, 4) is 16.9 Å². The minimum atomic E-state index is -1.16. The highest BCUT2D eigenvalue weighted by Crippen LogP contribution is 2.36. The second kappa shape index (κ2) is 11.0. The molecule has 8 heteroatoms. The average molecular weight is 442 g/mol. The summed E-state index contributed by atoms with van der Waals surface area (Å²) < 4.78 is 20.6. The topological polar surface area (TPSA) is 114 Å². The van der Waals surface area contributed by atoms with E-state index < -0.39 is 24.3 Å². The van der Waals surface area contributed by atoms with Crippen LogP contribution in [0.15, 0.2) is 73.3 Å². The average Bonchev–Trinajstić information content (AvgIpc) is 3.31. The number of aliphatic hydroxyl groups excluding tert-OH is 3. The molecule has 3 rings (SSSR count). The van der Waals surface area contributed by atoms with Crippen LogP contribution in [-0.4, -0.2) is 44.1 Å². The van der Waals surface area contributed by atoms with Crippen molar-refractivity contribution in [3.05, 3.63) is 84.7 Å². The van der Waals surface area contributed by atoms with Crippen molar-refractivity contribution in [2.45, 2.75) is 31.2 Å². The quantitative estimate of drug-likeness (QED) is 0.385. The Kier molecular flexibility index (Phi) is 8.13. The molecule has 0 saturated carbocycles. The maximum Gasteiger partial charge on any atom is 0.137 e. The van der Waals surface area contributed by atoms with Crippen LogP contribution in [0, 0.1) is 0 Å². The molecule has 3 aromatic rings. The van der Waals surface area contributed by atoms with Crippen molar-refractivity contribution in [2.24, 2.45) is 5.73 Å². The van der Waals surface area contributed by atoms with Gasteiger partial charge in [0.05, 0.1) is 25.0 Å². The number of nitrogens with zero attached hydrogens (tertiary/aromatic N) is 2. The molecule has 1 aromatic heterocycles. The first kappa shape index (κ1) is 23.6. The molecule has 0 aliphatic rings. The fourth-order valence-corrected chi connectivity index (χ4v) is 3.47. The Morgan fingerprint density at radius 1 is 1.19 bits per heavy atom. The van der Waals surface area contributed by atoms with Gasteiger partial charge in [0, 0.05) is 18.0 Å². The van der Waals surface area contributed by atoms with Gasteiger partial charge in [0.1, 0.15) is 30.4 Å². The molecule has 0 saturated heterocycles. The molecule has 0 amide bonds. The molecule has 4 atom stereocenters. The highest BCUT2D eigenvalue weighted by molar-refractivity contribution is 5.71. The van der Waals surface area contributed by atoms with Crippen molar-refractivity contribution >= 4 is 0 Å². The predicted octanol–water partition coefficient (Wildman–Crippen LogP) is 3.06. The number of aliphatic hydroxyl groups is 3. The summed E-state index contributed by atoms with van der Waals surface area (Å²) in [7, 11) is 0. The number of ether oxygens (including phenoxy) is 1. The Bertz CT molecular complexity index is 1020. The van der Waals surface area contributed by atoms with Crippen molar-refractivity contribution in [3.63, 3.8) is 0 Å². The standard InChI is InChI=1S/C24H28FN3O4/c1-16(30)24-27-11-12-28(24)21(9-10-25)23(31)18-7-8-20(17-5-3-2-4-6-17)22(13-18)32-15-19(26)14-29/h2-13,16,19,21,23,29-31H,14-15,26H2,1H3/t16-,19?,21?,23?/m0/s1. The summed E-state index contributed by atoms with van der Waals surface area (Å²) in [5, 5.41) is 30.3. The van der Waals surface area contributed by atoms with Crippen LogP contribution < -0.4 is 10.5 Å². The molecule has 0 radical (unpaired) electrons. The van der Waals surface area contributed by atoms with E-state index in [1.54, 1.807) is 25.3 Å². The first-order valence-corrected chi connectivity index (χ1v) is 10.3. The number of imidazole rings is 1. The fraction of sp³-hybridized carbons (Fsp3) is 0.292. The summed E-state index contributed by atoms with van der Waals surface area (Å²) >= 11 is 0. The third kappa shape index (κ3) is 5.41. The SMILES string of the molecule is C[C@H](O)c1nccn1C(C=CF)C(O)c1ccc(-c2ccccc2)c(OCC(N)CO)c1. The van der Waals surface area contributed by atoms with Crippen LogP contribution in [-0.2, 0) is 0 Å². The van der Waals surface area contributed by atoms with Crippen LogP contribution in [0.25, 0.3) is 11.1 Å². The molecule has 0 aliphatic heterocycles. The lowest BCUT2D eigenvalue weighted by molar-refractivity contribution is 0.122. The van der Waals surface area contributed by atoms with Gasteiger partial charge >= 0.3 is 0 Å². The lowest BCUT2D eigenvalue weighted by Crippen LogP contribution is -2.31. The monoisotopic (exact) mass is 441 g/mol. The number of hydrogen-bond donors (Lipinski definition) is 4. The Hall–Kier alpha value is -3.04. The van der Waals surface area contributed by atoms with E-state index in [0.29, 0.717) is 23.5 Å². The summed E-state index contributed by atoms with van der Waals surface area (Å²) in [6.45, 7) is 1.40. The summed E-state index contributed by atoms with van der Waals surface area (Å²) in [5.74, 6) is 0.777. The highest BCUT2D eigenvalue weighted by Gasteiger charge is 2.25. The Morgan fingerprint density at radius 2 is 1.94 bits per heavy atom. The first-order chi connectivity index (χ1) is 15.5. The van der Waals surface area contributed by atoms with Crippen molar-refractivity contribution in [1.29, 1.82) is 0 Å². The zero-order valence-electron chi connectivity index (χ0n) is 17.8. The number of aromatic nitrogens is 2. The molecule has 0 aliphatic carbocycles. The molecule has 32 heavy (non-hydrogen) atoms. The van der Waals surface area contributed by atoms with Gasteiger partial charge in [-0.3, -0.25) is 0 Å². The van der Waals surface area contributed by atoms with Crippen molar-refractivity contribution in [1.82, 2.24) is 9.55 Å². The van der Waals surface area contributed by atoms with Crippen LogP contribution >= 0.6 is 0 Å². The molecule has 1 heterocycles. The smallest absolute Gasteiger partial charge is 0.137 e. The number of benzene rings is 2. The predicted molar refractivity (Wildman–Crippen MR) is 120 cm³/mol. The van der Waals surface area contributed by atoms with Crippen LogP contribution in [0.2, 0.25) is 0 Å². The van der Waals surface area contributed by atoms with Crippen molar-refractivity contribution < 1.29 is 24.4 Å². The molecule has 7 nitrogen and oxygen atoms in total. The van der Waals surface area contributed by atoms with Crippen LogP contribution in [0.4, 0.5) is 4.39 Å². The third-order valence-electron chi connectivity index (χ3n) is 5.11. The van der Waals surface area contributed by atoms with E-state index in [1.807, 2.05) is 36.4 Å². The van der Waals surface area contributed by atoms with E-state index in [0.717, 1.165) is 11.1 Å². The fourth-order valence-electron chi connectivity index (χ4n) is 3.47. The van der Waals surface area contributed by atoms with Gasteiger partial charge in [-0.25, -0.2) is 9.37 Å². The van der Waals surface area contributed by atoms with Gasteiger partial charge < -0.3 is 30.4 Å². The van der Waals surface area contributed by atoms with E-state index in [4.69, 9.17) is 10.5 Å². The lowest BCUT2D eigenvalue weighted by Gasteiger charge is -2.25. The molecule has 5 N–H and O–H groups in total. The van der Waals surface area contributed by atoms with E-state index in [1.165, 1.54) is 16.8 Å². The zero-order chi connectivity index (χ0) is 23.1. The van der Waals surface area contributed by atoms with Gasteiger partial charge in [-0.15, -0.1) is 0 Å². The number of hydrogen-bond acceptors (Lipinski definition) is 6. The minimum absolute atomic E-state index is 0.0807. The molecule has 0 bridgehead atoms. The second-order valence-electron chi connectivity index (χ2n) is 7.50. The Labute approximate surface area is 186 Å². The van der Waals surface area contributed by atoms with E-state index in [2.05, 4.69) is 4.98 Å². The van der Waals surface area contributed by atoms with Crippen LogP contribution in [0.5, 0.6) is 5.75 Å². The largest absolute Gasteiger partial charge is 0.491 e. The second-order valence-corrected chi connectivity index (χ2v) is 7.50. The number of rotatable bonds is 10. The molecule has 170 valence electrons. The number of nitrogens with two attached hydrogens (primary N) is 1. The van der Waals surface area contributed by atoms with E-state index >= 15 is 0 Å². The summed E-state index contributed by atoms with van der Waals surface area (Å²) in [5.41, 5.74) is 7.97. The van der Waals surface area contributed by atoms with Crippen LogP contribution in [0.1, 0.15) is 36.6 Å². The molecule has 2 aromatic carbocycles. The molecular weight excluding hydrogens is 413 g/mol. The van der Waals surface area contributed by atoms with E-state index in [9.17, 15) is 19.7 Å². The minimum Gasteiger partial charge on any atom is -0.491 e. The highest BCUT2D eigenvalue weighted by atomic mass is 19.1. The van der Waals surface area contributed by atoms with Gasteiger partial charge in [0.25, 0.3) is 0 Å². The normalized spacial score (nSPS) is 15.4. The molecule has 0 spiro atoms. The van der Waals surface area contributed by atoms with Crippen LogP contribution in [0.3, 0.4) is 0 Å². The third-order valence-corrected chi connectivity index (χ3v) is 5.11.